The summed E-state index contributed by atoms with van der Waals surface area (Å²) in [7, 11) is 0. The lowest BCUT2D eigenvalue weighted by atomic mass is 9.85. The molecule has 0 spiro atoms. The van der Waals surface area contributed by atoms with Crippen molar-refractivity contribution in [3.8, 4) is 0 Å². The maximum Gasteiger partial charge on any atom is 0.107 e. The summed E-state index contributed by atoms with van der Waals surface area (Å²) in [5.74, 6) is 0.347. The third kappa shape index (κ3) is 3.02. The van der Waals surface area contributed by atoms with E-state index in [0.717, 1.165) is 55.3 Å². The summed E-state index contributed by atoms with van der Waals surface area (Å²) in [6.45, 7) is 2.88. The average molecular weight is 392 g/mol. The van der Waals surface area contributed by atoms with Crippen LogP contribution in [0.3, 0.4) is 0 Å². The highest BCUT2D eigenvalue weighted by Crippen LogP contribution is 2.38. The number of fused-ring (bicyclic) bond motifs is 3. The minimum Gasteiger partial charge on any atom is -0.373 e. The van der Waals surface area contributed by atoms with Gasteiger partial charge in [0.15, 0.2) is 0 Å². The van der Waals surface area contributed by atoms with Gasteiger partial charge in [-0.15, -0.1) is 4.91 Å². The number of allylic oxidation sites excluding steroid dienone is 2. The molecule has 142 valence electrons. The number of piperidine rings is 1. The number of nitrogens with zero attached hydrogens (tertiary/aromatic N) is 3. The van der Waals surface area contributed by atoms with Crippen molar-refractivity contribution in [1.29, 1.82) is 0 Å². The highest BCUT2D eigenvalue weighted by Gasteiger charge is 2.34. The van der Waals surface area contributed by atoms with E-state index in [1.807, 2.05) is 12.1 Å². The van der Waals surface area contributed by atoms with E-state index >= 15 is 0 Å². The molecule has 2 aromatic carbocycles. The summed E-state index contributed by atoms with van der Waals surface area (Å²) < 4.78 is 2.29. The zero-order valence-corrected chi connectivity index (χ0v) is 16.4. The summed E-state index contributed by atoms with van der Waals surface area (Å²) in [6.07, 6.45) is 5.12. The van der Waals surface area contributed by atoms with Crippen molar-refractivity contribution in [1.82, 2.24) is 9.47 Å². The Bertz CT molecular complexity index is 1060. The number of rotatable bonds is 5. The fourth-order valence-electron chi connectivity index (χ4n) is 4.71. The van der Waals surface area contributed by atoms with E-state index in [4.69, 9.17) is 11.6 Å². The molecule has 3 aliphatic heterocycles. The predicted molar refractivity (Wildman–Crippen MR) is 113 cm³/mol. The monoisotopic (exact) mass is 391 g/mol. The first-order valence-corrected chi connectivity index (χ1v) is 10.2. The van der Waals surface area contributed by atoms with Crippen LogP contribution in [-0.2, 0) is 13.0 Å². The molecule has 0 N–H and O–H groups in total. The lowest BCUT2D eigenvalue weighted by Crippen LogP contribution is -2.40. The second-order valence-corrected chi connectivity index (χ2v) is 8.22. The van der Waals surface area contributed by atoms with Crippen molar-refractivity contribution < 1.29 is 0 Å². The van der Waals surface area contributed by atoms with Gasteiger partial charge >= 0.3 is 0 Å². The Balaban J connectivity index is 1.53. The van der Waals surface area contributed by atoms with Gasteiger partial charge in [0.25, 0.3) is 0 Å². The van der Waals surface area contributed by atoms with Crippen LogP contribution in [-0.4, -0.2) is 22.6 Å². The van der Waals surface area contributed by atoms with Crippen LogP contribution in [0, 0.1) is 10.8 Å². The lowest BCUT2D eigenvalue weighted by Gasteiger charge is -2.41. The molecule has 3 aromatic rings. The molecule has 0 amide bonds. The Kier molecular flexibility index (Phi) is 4.44. The normalized spacial score (nSPS) is 17.0. The third-order valence-corrected chi connectivity index (χ3v) is 6.40. The quantitative estimate of drug-likeness (QED) is 0.532. The van der Waals surface area contributed by atoms with Crippen LogP contribution in [0.4, 0.5) is 0 Å². The van der Waals surface area contributed by atoms with E-state index in [-0.39, 0.29) is 0 Å². The van der Waals surface area contributed by atoms with Crippen molar-refractivity contribution in [2.45, 2.75) is 25.8 Å². The first-order chi connectivity index (χ1) is 13.7. The Labute approximate surface area is 169 Å². The van der Waals surface area contributed by atoms with Gasteiger partial charge in [-0.3, -0.25) is 0 Å². The van der Waals surface area contributed by atoms with E-state index in [9.17, 15) is 4.91 Å². The summed E-state index contributed by atoms with van der Waals surface area (Å²) in [5.41, 5.74) is 5.60. The van der Waals surface area contributed by atoms with Crippen LogP contribution in [0.1, 0.15) is 24.0 Å². The number of hydrogen-bond acceptors (Lipinski definition) is 3. The molecule has 3 aliphatic rings. The van der Waals surface area contributed by atoms with E-state index in [0.29, 0.717) is 5.92 Å². The third-order valence-electron chi connectivity index (χ3n) is 6.15. The molecular weight excluding hydrogens is 370 g/mol. The Morgan fingerprint density at radius 3 is 2.54 bits per heavy atom. The lowest BCUT2D eigenvalue weighted by molar-refractivity contribution is 0.201. The van der Waals surface area contributed by atoms with Gasteiger partial charge in [-0.2, -0.15) is 0 Å². The minimum absolute atomic E-state index is 0.347. The zero-order valence-electron chi connectivity index (χ0n) is 15.6. The first-order valence-electron chi connectivity index (χ1n) is 9.85. The van der Waals surface area contributed by atoms with Gasteiger partial charge in [0.2, 0.25) is 0 Å². The molecule has 4 nitrogen and oxygen atoms in total. The van der Waals surface area contributed by atoms with Crippen molar-refractivity contribution in [2.24, 2.45) is 11.1 Å². The summed E-state index contributed by atoms with van der Waals surface area (Å²) in [4.78, 5) is 13.9. The maximum atomic E-state index is 11.5. The molecule has 1 aromatic heterocycles. The fraction of sp³-hybridized carbons (Fsp3) is 0.304. The Morgan fingerprint density at radius 1 is 1.04 bits per heavy atom. The van der Waals surface area contributed by atoms with Crippen molar-refractivity contribution in [3.05, 3.63) is 87.2 Å². The number of nitroso groups, excluding NO2 is 1. The zero-order chi connectivity index (χ0) is 19.1. The number of para-hydroxylation sites is 1. The minimum atomic E-state index is 0.347. The van der Waals surface area contributed by atoms with E-state index in [1.165, 1.54) is 22.0 Å². The molecule has 0 atom stereocenters. The molecular formula is C23H22ClN3O. The summed E-state index contributed by atoms with van der Waals surface area (Å²) in [5, 5.41) is 5.44. The van der Waals surface area contributed by atoms with Crippen LogP contribution in [0.15, 0.2) is 71.3 Å². The van der Waals surface area contributed by atoms with Crippen molar-refractivity contribution in [2.75, 3.05) is 13.1 Å². The molecule has 1 fully saturated rings. The van der Waals surface area contributed by atoms with Gasteiger partial charge in [0.1, 0.15) is 5.70 Å². The molecule has 6 rings (SSSR count). The van der Waals surface area contributed by atoms with Gasteiger partial charge < -0.3 is 9.47 Å². The maximum absolute atomic E-state index is 11.5. The van der Waals surface area contributed by atoms with Gasteiger partial charge in [-0.05, 0) is 47.3 Å². The molecule has 5 heteroatoms. The van der Waals surface area contributed by atoms with E-state index in [1.54, 1.807) is 0 Å². The molecule has 2 bridgehead atoms. The number of aromatic nitrogens is 1. The van der Waals surface area contributed by atoms with Crippen LogP contribution >= 0.6 is 11.6 Å². The van der Waals surface area contributed by atoms with Gasteiger partial charge in [0.05, 0.1) is 0 Å². The number of halogens is 1. The second-order valence-electron chi connectivity index (χ2n) is 7.79. The van der Waals surface area contributed by atoms with Crippen LogP contribution in [0.2, 0.25) is 5.02 Å². The number of benzene rings is 2. The molecule has 0 radical (unpaired) electrons. The van der Waals surface area contributed by atoms with E-state index < -0.39 is 0 Å². The molecule has 0 aliphatic carbocycles. The Morgan fingerprint density at radius 2 is 1.79 bits per heavy atom. The SMILES string of the molecule is O=NC1=C(Cc2cn(Cc3ccc(Cl)cc3)c3ccccc23)N2CCC1CC2. The van der Waals surface area contributed by atoms with E-state index in [2.05, 4.69) is 57.2 Å². The molecule has 28 heavy (non-hydrogen) atoms. The average Bonchev–Trinajstić information content (AvgIpc) is 3.08. The smallest absolute Gasteiger partial charge is 0.107 e. The van der Waals surface area contributed by atoms with Gasteiger partial charge in [0, 0.05) is 59.8 Å². The molecule has 1 saturated heterocycles. The second kappa shape index (κ2) is 7.10. The topological polar surface area (TPSA) is 37.6 Å². The summed E-state index contributed by atoms with van der Waals surface area (Å²) in [6, 6.07) is 16.5. The summed E-state index contributed by atoms with van der Waals surface area (Å²) >= 11 is 6.03. The van der Waals surface area contributed by atoms with Crippen LogP contribution in [0.25, 0.3) is 10.9 Å². The standard InChI is InChI=1S/C23H22ClN3O/c24-19-7-5-16(6-8-19)14-27-15-18(20-3-1-2-4-21(20)27)13-22-23(25-28)17-9-11-26(22)12-10-17/h1-8,15,17H,9-14H2. The highest BCUT2D eigenvalue weighted by molar-refractivity contribution is 6.30. The first kappa shape index (κ1) is 17.5. The largest absolute Gasteiger partial charge is 0.373 e. The number of hydrogen-bond donors (Lipinski definition) is 0. The van der Waals surface area contributed by atoms with Gasteiger partial charge in [-0.25, -0.2) is 0 Å². The predicted octanol–water partition coefficient (Wildman–Crippen LogP) is 5.59. The highest BCUT2D eigenvalue weighted by atomic mass is 35.5. The fourth-order valence-corrected chi connectivity index (χ4v) is 4.84. The van der Waals surface area contributed by atoms with Crippen LogP contribution in [0.5, 0.6) is 0 Å². The molecule has 4 heterocycles. The Hall–Kier alpha value is -2.59. The molecule has 0 saturated carbocycles. The molecule has 0 unspecified atom stereocenters. The van der Waals surface area contributed by atoms with Gasteiger partial charge in [-0.1, -0.05) is 41.9 Å². The van der Waals surface area contributed by atoms with Crippen LogP contribution < -0.4 is 0 Å². The van der Waals surface area contributed by atoms with Crippen molar-refractivity contribution >= 4 is 22.5 Å². The van der Waals surface area contributed by atoms with Crippen molar-refractivity contribution in [3.63, 3.8) is 0 Å².